The zero-order chi connectivity index (χ0) is 13.2. The number of rotatable bonds is 4. The minimum absolute atomic E-state index is 0.0284. The van der Waals surface area contributed by atoms with Crippen LogP contribution in [0.4, 0.5) is 0 Å². The van der Waals surface area contributed by atoms with E-state index in [1.165, 1.54) is 12.0 Å². The van der Waals surface area contributed by atoms with Crippen molar-refractivity contribution in [1.29, 1.82) is 0 Å². The van der Waals surface area contributed by atoms with Crippen LogP contribution in [0.1, 0.15) is 38.7 Å². The van der Waals surface area contributed by atoms with Crippen molar-refractivity contribution in [3.8, 4) is 5.75 Å². The average Bonchev–Trinajstić information content (AvgIpc) is 2.33. The lowest BCUT2D eigenvalue weighted by atomic mass is 9.71. The Kier molecular flexibility index (Phi) is 3.60. The first-order valence-corrected chi connectivity index (χ1v) is 6.54. The molecule has 0 saturated heterocycles. The van der Waals surface area contributed by atoms with Crippen molar-refractivity contribution in [2.75, 3.05) is 7.11 Å². The van der Waals surface area contributed by atoms with Gasteiger partial charge in [-0.05, 0) is 37.0 Å². The highest BCUT2D eigenvalue weighted by atomic mass is 16.5. The molecule has 1 aromatic rings. The number of nitrogens with one attached hydrogen (secondary N) is 1. The molecule has 1 aromatic carbocycles. The molecule has 1 fully saturated rings. The molecule has 0 heterocycles. The zero-order valence-corrected chi connectivity index (χ0v) is 11.3. The van der Waals surface area contributed by atoms with E-state index in [1.807, 2.05) is 26.0 Å². The first-order valence-electron chi connectivity index (χ1n) is 6.54. The fourth-order valence-corrected chi connectivity index (χ4v) is 2.31. The van der Waals surface area contributed by atoms with Crippen LogP contribution in [0, 0.1) is 5.92 Å². The van der Waals surface area contributed by atoms with E-state index in [0.717, 1.165) is 18.6 Å². The maximum atomic E-state index is 11.9. The van der Waals surface area contributed by atoms with E-state index in [1.54, 1.807) is 7.11 Å². The summed E-state index contributed by atoms with van der Waals surface area (Å²) in [6, 6.07) is 8.02. The third-order valence-corrected chi connectivity index (χ3v) is 3.74. The first kappa shape index (κ1) is 12.9. The Morgan fingerprint density at radius 1 is 1.28 bits per heavy atom. The first-order chi connectivity index (χ1) is 8.57. The molecule has 0 unspecified atom stereocenters. The molecule has 0 aromatic heterocycles. The molecule has 1 saturated carbocycles. The van der Waals surface area contributed by atoms with Crippen molar-refractivity contribution in [2.24, 2.45) is 5.92 Å². The van der Waals surface area contributed by atoms with E-state index in [0.29, 0.717) is 0 Å². The highest BCUT2D eigenvalue weighted by molar-refractivity contribution is 5.79. The Hall–Kier alpha value is -1.51. The molecule has 0 aliphatic heterocycles. The summed E-state index contributed by atoms with van der Waals surface area (Å²) in [5.41, 5.74) is 1.04. The topological polar surface area (TPSA) is 38.3 Å². The van der Waals surface area contributed by atoms with Gasteiger partial charge in [0, 0.05) is 5.92 Å². The number of carbonyl (C=O) groups excluding carboxylic acids is 1. The zero-order valence-electron chi connectivity index (χ0n) is 11.3. The summed E-state index contributed by atoms with van der Waals surface area (Å²) in [4.78, 5) is 11.9. The minimum Gasteiger partial charge on any atom is -0.497 e. The van der Waals surface area contributed by atoms with E-state index < -0.39 is 0 Å². The molecule has 18 heavy (non-hydrogen) atoms. The number of hydrogen-bond acceptors (Lipinski definition) is 2. The highest BCUT2D eigenvalue weighted by Gasteiger charge is 2.40. The molecule has 3 heteroatoms. The number of methoxy groups -OCH3 is 1. The van der Waals surface area contributed by atoms with Gasteiger partial charge in [-0.2, -0.15) is 0 Å². The lowest BCUT2D eigenvalue weighted by Gasteiger charge is -2.43. The molecule has 98 valence electrons. The molecule has 1 N–H and O–H groups in total. The van der Waals surface area contributed by atoms with Crippen molar-refractivity contribution in [3.63, 3.8) is 0 Å². The lowest BCUT2D eigenvalue weighted by molar-refractivity contribution is -0.127. The fraction of sp³-hybridized carbons (Fsp3) is 0.533. The van der Waals surface area contributed by atoms with Gasteiger partial charge in [0.15, 0.2) is 0 Å². The van der Waals surface area contributed by atoms with Gasteiger partial charge < -0.3 is 10.1 Å². The highest BCUT2D eigenvalue weighted by Crippen LogP contribution is 2.41. The van der Waals surface area contributed by atoms with Gasteiger partial charge in [0.2, 0.25) is 5.91 Å². The van der Waals surface area contributed by atoms with Crippen LogP contribution in [0.15, 0.2) is 24.3 Å². The second kappa shape index (κ2) is 5.01. The predicted octanol–water partition coefficient (Wildman–Crippen LogP) is 2.85. The maximum Gasteiger partial charge on any atom is 0.223 e. The van der Waals surface area contributed by atoms with Crippen molar-refractivity contribution < 1.29 is 9.53 Å². The molecule has 1 aliphatic rings. The van der Waals surface area contributed by atoms with Gasteiger partial charge in [-0.15, -0.1) is 0 Å². The van der Waals surface area contributed by atoms with Crippen molar-refractivity contribution in [1.82, 2.24) is 5.32 Å². The van der Waals surface area contributed by atoms with Crippen LogP contribution >= 0.6 is 0 Å². The van der Waals surface area contributed by atoms with Gasteiger partial charge in [0.1, 0.15) is 5.75 Å². The number of benzene rings is 1. The quantitative estimate of drug-likeness (QED) is 0.888. The standard InChI is InChI=1S/C15H21NO2/c1-11(2)14(17)16-15(9-4-10-15)12-5-7-13(18-3)8-6-12/h5-8,11H,4,9-10H2,1-3H3,(H,16,17). The largest absolute Gasteiger partial charge is 0.497 e. The Bertz CT molecular complexity index is 419. The Labute approximate surface area is 109 Å². The summed E-state index contributed by atoms with van der Waals surface area (Å²) in [6.45, 7) is 3.85. The number of amides is 1. The molecule has 2 rings (SSSR count). The van der Waals surface area contributed by atoms with Crippen LogP contribution in [0.5, 0.6) is 5.75 Å². The summed E-state index contributed by atoms with van der Waals surface area (Å²) in [7, 11) is 1.66. The number of hydrogen-bond donors (Lipinski definition) is 1. The Morgan fingerprint density at radius 3 is 2.28 bits per heavy atom. The third kappa shape index (κ3) is 2.35. The van der Waals surface area contributed by atoms with Crippen molar-refractivity contribution >= 4 is 5.91 Å². The molecule has 0 radical (unpaired) electrons. The third-order valence-electron chi connectivity index (χ3n) is 3.74. The van der Waals surface area contributed by atoms with E-state index >= 15 is 0 Å². The van der Waals surface area contributed by atoms with Gasteiger partial charge >= 0.3 is 0 Å². The molecule has 0 bridgehead atoms. The SMILES string of the molecule is COc1ccc(C2(NC(=O)C(C)C)CCC2)cc1. The van der Waals surface area contributed by atoms with Crippen LogP contribution in [0.3, 0.4) is 0 Å². The van der Waals surface area contributed by atoms with Gasteiger partial charge in [0.05, 0.1) is 12.6 Å². The van der Waals surface area contributed by atoms with Gasteiger partial charge in [-0.1, -0.05) is 26.0 Å². The smallest absolute Gasteiger partial charge is 0.223 e. The van der Waals surface area contributed by atoms with Crippen LogP contribution in [0.25, 0.3) is 0 Å². The summed E-state index contributed by atoms with van der Waals surface area (Å²) >= 11 is 0. The Morgan fingerprint density at radius 2 is 1.89 bits per heavy atom. The van der Waals surface area contributed by atoms with E-state index in [-0.39, 0.29) is 17.4 Å². The lowest BCUT2D eigenvalue weighted by Crippen LogP contribution is -2.51. The van der Waals surface area contributed by atoms with Crippen LogP contribution in [0.2, 0.25) is 0 Å². The van der Waals surface area contributed by atoms with Crippen molar-refractivity contribution in [3.05, 3.63) is 29.8 Å². The van der Waals surface area contributed by atoms with E-state index in [9.17, 15) is 4.79 Å². The summed E-state index contributed by atoms with van der Waals surface area (Å²) in [6.07, 6.45) is 3.22. The molecule has 1 aliphatic carbocycles. The van der Waals surface area contributed by atoms with Gasteiger partial charge in [-0.25, -0.2) is 0 Å². The van der Waals surface area contributed by atoms with Gasteiger partial charge in [0.25, 0.3) is 0 Å². The van der Waals surface area contributed by atoms with Crippen molar-refractivity contribution in [2.45, 2.75) is 38.6 Å². The number of ether oxygens (including phenoxy) is 1. The minimum atomic E-state index is -0.145. The molecule has 3 nitrogen and oxygen atoms in total. The number of carbonyl (C=O) groups is 1. The molecular formula is C15H21NO2. The normalized spacial score (nSPS) is 17.1. The van der Waals surface area contributed by atoms with Crippen LogP contribution in [-0.2, 0) is 10.3 Å². The maximum absolute atomic E-state index is 11.9. The second-order valence-electron chi connectivity index (χ2n) is 5.31. The molecule has 0 spiro atoms. The fourth-order valence-electron chi connectivity index (χ4n) is 2.31. The summed E-state index contributed by atoms with van der Waals surface area (Å²) in [5.74, 6) is 1.01. The van der Waals surface area contributed by atoms with Crippen LogP contribution < -0.4 is 10.1 Å². The second-order valence-corrected chi connectivity index (χ2v) is 5.31. The monoisotopic (exact) mass is 247 g/mol. The predicted molar refractivity (Wildman–Crippen MR) is 71.5 cm³/mol. The molecule has 0 atom stereocenters. The molecule has 1 amide bonds. The van der Waals surface area contributed by atoms with Crippen LogP contribution in [-0.4, -0.2) is 13.0 Å². The Balaban J connectivity index is 2.18. The van der Waals surface area contributed by atoms with E-state index in [4.69, 9.17) is 4.74 Å². The average molecular weight is 247 g/mol. The summed E-state index contributed by atoms with van der Waals surface area (Å²) in [5, 5.41) is 3.20. The summed E-state index contributed by atoms with van der Waals surface area (Å²) < 4.78 is 5.17. The van der Waals surface area contributed by atoms with E-state index in [2.05, 4.69) is 17.4 Å². The van der Waals surface area contributed by atoms with Gasteiger partial charge in [-0.3, -0.25) is 4.79 Å². The molecular weight excluding hydrogens is 226 g/mol.